The second-order valence-electron chi connectivity index (χ2n) is 6.24. The standard InChI is InChI=1S/C20H22BrN3O2/c21-20-17(16-3-1-2-4-18(16)23-20)11-12-22-13-15-7-5-14(6-8-15)9-10-19(25)24-26/h1-8,22-23,26H,9-13H2,(H,24,25). The highest BCUT2D eigenvalue weighted by atomic mass is 79.9. The number of carbonyl (C=O) groups is 1. The van der Waals surface area contributed by atoms with Crippen LogP contribution in [0.3, 0.4) is 0 Å². The second-order valence-corrected chi connectivity index (χ2v) is 7.03. The second kappa shape index (κ2) is 8.98. The number of aryl methyl sites for hydroxylation is 1. The highest BCUT2D eigenvalue weighted by Crippen LogP contribution is 2.26. The smallest absolute Gasteiger partial charge is 0.243 e. The summed E-state index contributed by atoms with van der Waals surface area (Å²) in [5, 5.41) is 13.2. The number of rotatable bonds is 8. The molecule has 0 bridgehead atoms. The van der Waals surface area contributed by atoms with Crippen molar-refractivity contribution < 1.29 is 10.0 Å². The molecular formula is C20H22BrN3O2. The van der Waals surface area contributed by atoms with Gasteiger partial charge in [-0.15, -0.1) is 0 Å². The topological polar surface area (TPSA) is 77.2 Å². The average molecular weight is 416 g/mol. The number of aromatic amines is 1. The largest absolute Gasteiger partial charge is 0.349 e. The highest BCUT2D eigenvalue weighted by molar-refractivity contribution is 9.10. The van der Waals surface area contributed by atoms with E-state index in [-0.39, 0.29) is 12.3 Å². The van der Waals surface area contributed by atoms with Crippen LogP contribution in [-0.2, 0) is 24.2 Å². The van der Waals surface area contributed by atoms with Crippen molar-refractivity contribution in [3.63, 3.8) is 0 Å². The summed E-state index contributed by atoms with van der Waals surface area (Å²) in [6.07, 6.45) is 1.85. The molecular weight excluding hydrogens is 394 g/mol. The van der Waals surface area contributed by atoms with Crippen LogP contribution < -0.4 is 10.8 Å². The molecule has 0 aliphatic carbocycles. The molecule has 0 spiro atoms. The molecule has 1 aromatic heterocycles. The number of fused-ring (bicyclic) bond motifs is 1. The van der Waals surface area contributed by atoms with E-state index < -0.39 is 0 Å². The van der Waals surface area contributed by atoms with Gasteiger partial charge in [0.25, 0.3) is 0 Å². The quantitative estimate of drug-likeness (QED) is 0.257. The summed E-state index contributed by atoms with van der Waals surface area (Å²) in [6, 6.07) is 16.5. The Balaban J connectivity index is 1.47. The van der Waals surface area contributed by atoms with Gasteiger partial charge in [0.2, 0.25) is 5.91 Å². The number of halogens is 1. The Hall–Kier alpha value is -2.15. The molecule has 2 aromatic carbocycles. The van der Waals surface area contributed by atoms with Crippen LogP contribution in [-0.4, -0.2) is 22.6 Å². The number of carbonyl (C=O) groups excluding carboxylic acids is 1. The summed E-state index contributed by atoms with van der Waals surface area (Å²) >= 11 is 3.62. The van der Waals surface area contributed by atoms with Gasteiger partial charge in [-0.2, -0.15) is 0 Å². The molecule has 1 amide bonds. The van der Waals surface area contributed by atoms with Crippen molar-refractivity contribution in [1.82, 2.24) is 15.8 Å². The summed E-state index contributed by atoms with van der Waals surface area (Å²) in [4.78, 5) is 14.4. The third-order valence-electron chi connectivity index (χ3n) is 4.43. The number of amides is 1. The van der Waals surface area contributed by atoms with Gasteiger partial charge in [-0.3, -0.25) is 10.0 Å². The van der Waals surface area contributed by atoms with E-state index in [0.717, 1.165) is 35.2 Å². The molecule has 136 valence electrons. The molecule has 0 atom stereocenters. The maximum absolute atomic E-state index is 11.1. The van der Waals surface area contributed by atoms with E-state index in [2.05, 4.69) is 56.6 Å². The molecule has 0 aliphatic heterocycles. The number of hydroxylamine groups is 1. The predicted octanol–water partition coefficient (Wildman–Crippen LogP) is 3.70. The van der Waals surface area contributed by atoms with Crippen LogP contribution in [0.4, 0.5) is 0 Å². The van der Waals surface area contributed by atoms with E-state index in [1.54, 1.807) is 5.48 Å². The molecule has 0 unspecified atom stereocenters. The zero-order valence-corrected chi connectivity index (χ0v) is 16.0. The maximum Gasteiger partial charge on any atom is 0.243 e. The van der Waals surface area contributed by atoms with E-state index in [1.165, 1.54) is 16.5 Å². The predicted molar refractivity (Wildman–Crippen MR) is 106 cm³/mol. The molecule has 1 heterocycles. The first-order valence-electron chi connectivity index (χ1n) is 8.64. The molecule has 0 fully saturated rings. The Kier molecular flexibility index (Phi) is 6.44. The Morgan fingerprint density at radius 1 is 1.04 bits per heavy atom. The van der Waals surface area contributed by atoms with Gasteiger partial charge in [0.15, 0.2) is 0 Å². The number of hydrogen-bond donors (Lipinski definition) is 4. The Bertz CT molecular complexity index is 874. The SMILES string of the molecule is O=C(CCc1ccc(CNCCc2c(Br)[nH]c3ccccc23)cc1)NO. The molecule has 26 heavy (non-hydrogen) atoms. The van der Waals surface area contributed by atoms with Crippen molar-refractivity contribution in [3.05, 3.63) is 69.8 Å². The van der Waals surface area contributed by atoms with Gasteiger partial charge in [0.05, 0.1) is 4.60 Å². The Labute approximate surface area is 160 Å². The summed E-state index contributed by atoms with van der Waals surface area (Å²) < 4.78 is 1.05. The van der Waals surface area contributed by atoms with Crippen molar-refractivity contribution >= 4 is 32.7 Å². The molecule has 0 aliphatic rings. The van der Waals surface area contributed by atoms with E-state index >= 15 is 0 Å². The maximum atomic E-state index is 11.1. The first-order chi connectivity index (χ1) is 12.7. The van der Waals surface area contributed by atoms with Gasteiger partial charge in [-0.05, 0) is 58.1 Å². The first kappa shape index (κ1) is 18.6. The van der Waals surface area contributed by atoms with Crippen molar-refractivity contribution in [2.45, 2.75) is 25.8 Å². The number of hydrogen-bond acceptors (Lipinski definition) is 3. The summed E-state index contributed by atoms with van der Waals surface area (Å²) in [7, 11) is 0. The van der Waals surface area contributed by atoms with Gasteiger partial charge in [0.1, 0.15) is 0 Å². The number of para-hydroxylation sites is 1. The minimum atomic E-state index is -0.362. The van der Waals surface area contributed by atoms with Crippen LogP contribution in [0.15, 0.2) is 53.1 Å². The fourth-order valence-corrected chi connectivity index (χ4v) is 3.62. The molecule has 0 saturated carbocycles. The average Bonchev–Trinajstić information content (AvgIpc) is 2.99. The van der Waals surface area contributed by atoms with Crippen molar-refractivity contribution in [1.29, 1.82) is 0 Å². The fraction of sp³-hybridized carbons (Fsp3) is 0.250. The van der Waals surface area contributed by atoms with Crippen LogP contribution >= 0.6 is 15.9 Å². The molecule has 6 heteroatoms. The minimum absolute atomic E-state index is 0.285. The Morgan fingerprint density at radius 3 is 2.54 bits per heavy atom. The first-order valence-corrected chi connectivity index (χ1v) is 9.43. The molecule has 0 radical (unpaired) electrons. The molecule has 0 saturated heterocycles. The molecule has 5 nitrogen and oxygen atoms in total. The third-order valence-corrected chi connectivity index (χ3v) is 5.11. The van der Waals surface area contributed by atoms with Crippen molar-refractivity contribution in [2.24, 2.45) is 0 Å². The van der Waals surface area contributed by atoms with Gasteiger partial charge in [0, 0.05) is 23.9 Å². The van der Waals surface area contributed by atoms with Gasteiger partial charge >= 0.3 is 0 Å². The third kappa shape index (κ3) is 4.72. The summed E-state index contributed by atoms with van der Waals surface area (Å²) in [5.41, 5.74) is 6.39. The fourth-order valence-electron chi connectivity index (χ4n) is 3.00. The van der Waals surface area contributed by atoms with Gasteiger partial charge < -0.3 is 10.3 Å². The number of H-pyrrole nitrogens is 1. The van der Waals surface area contributed by atoms with Crippen LogP contribution in [0.5, 0.6) is 0 Å². The van der Waals surface area contributed by atoms with E-state index in [0.29, 0.717) is 6.42 Å². The van der Waals surface area contributed by atoms with Crippen LogP contribution in [0.1, 0.15) is 23.1 Å². The zero-order valence-electron chi connectivity index (χ0n) is 14.4. The normalized spacial score (nSPS) is 11.0. The number of nitrogens with one attached hydrogen (secondary N) is 3. The Morgan fingerprint density at radius 2 is 1.77 bits per heavy atom. The van der Waals surface area contributed by atoms with Gasteiger partial charge in [-0.25, -0.2) is 5.48 Å². The lowest BCUT2D eigenvalue weighted by Gasteiger charge is -2.07. The van der Waals surface area contributed by atoms with E-state index in [4.69, 9.17) is 5.21 Å². The lowest BCUT2D eigenvalue weighted by Crippen LogP contribution is -2.18. The van der Waals surface area contributed by atoms with Crippen LogP contribution in [0, 0.1) is 0 Å². The van der Waals surface area contributed by atoms with E-state index in [9.17, 15) is 4.79 Å². The number of aromatic nitrogens is 1. The summed E-state index contributed by atoms with van der Waals surface area (Å²) in [5.74, 6) is -0.362. The lowest BCUT2D eigenvalue weighted by atomic mass is 10.1. The number of benzene rings is 2. The molecule has 3 rings (SSSR count). The van der Waals surface area contributed by atoms with Crippen LogP contribution in [0.2, 0.25) is 0 Å². The van der Waals surface area contributed by atoms with E-state index in [1.807, 2.05) is 18.2 Å². The summed E-state index contributed by atoms with van der Waals surface area (Å²) in [6.45, 7) is 1.69. The highest BCUT2D eigenvalue weighted by Gasteiger charge is 2.08. The zero-order chi connectivity index (χ0) is 18.4. The lowest BCUT2D eigenvalue weighted by molar-refractivity contribution is -0.129. The van der Waals surface area contributed by atoms with Crippen molar-refractivity contribution in [3.8, 4) is 0 Å². The van der Waals surface area contributed by atoms with Gasteiger partial charge in [-0.1, -0.05) is 42.5 Å². The minimum Gasteiger partial charge on any atom is -0.349 e. The molecule has 3 aromatic rings. The van der Waals surface area contributed by atoms with Crippen molar-refractivity contribution in [2.75, 3.05) is 6.54 Å². The monoisotopic (exact) mass is 415 g/mol. The molecule has 4 N–H and O–H groups in total. The van der Waals surface area contributed by atoms with Crippen LogP contribution in [0.25, 0.3) is 10.9 Å².